The van der Waals surface area contributed by atoms with Crippen LogP contribution in [0.1, 0.15) is 24.6 Å². The van der Waals surface area contributed by atoms with E-state index in [9.17, 15) is 0 Å². The van der Waals surface area contributed by atoms with E-state index in [1.165, 1.54) is 11.3 Å². The van der Waals surface area contributed by atoms with Crippen LogP contribution in [0, 0.1) is 6.92 Å². The van der Waals surface area contributed by atoms with Crippen LogP contribution in [0.5, 0.6) is 0 Å². The molecule has 2 rings (SSSR count). The van der Waals surface area contributed by atoms with E-state index in [1.807, 2.05) is 6.20 Å². The van der Waals surface area contributed by atoms with Crippen LogP contribution in [0.15, 0.2) is 35.1 Å². The highest BCUT2D eigenvalue weighted by atomic mass is 79.9. The summed E-state index contributed by atoms with van der Waals surface area (Å²) in [4.78, 5) is 4.38. The molecule has 102 valence electrons. The van der Waals surface area contributed by atoms with E-state index < -0.39 is 0 Å². The molecular weight excluding hydrogens is 302 g/mol. The minimum atomic E-state index is 0.406. The van der Waals surface area contributed by atoms with Gasteiger partial charge < -0.3 is 9.88 Å². The first kappa shape index (κ1) is 14.1. The van der Waals surface area contributed by atoms with Gasteiger partial charge in [-0.15, -0.1) is 0 Å². The lowest BCUT2D eigenvalue weighted by Crippen LogP contribution is -2.17. The summed E-state index contributed by atoms with van der Waals surface area (Å²) in [5, 5.41) is 3.45. The Morgan fingerprint density at radius 2 is 2.26 bits per heavy atom. The van der Waals surface area contributed by atoms with Crippen LogP contribution in [-0.2, 0) is 13.5 Å². The summed E-state index contributed by atoms with van der Waals surface area (Å²) in [5.74, 6) is 0.945. The molecule has 0 amide bonds. The van der Waals surface area contributed by atoms with Gasteiger partial charge in [0.05, 0.1) is 0 Å². The third-order valence-corrected chi connectivity index (χ3v) is 4.16. The largest absolute Gasteiger partial charge is 0.368 e. The van der Waals surface area contributed by atoms with Crippen LogP contribution in [0.25, 0.3) is 0 Å². The SMILES string of the molecule is Cc1cc(NC(C)CCc2cccn2C)ncc1Br. The van der Waals surface area contributed by atoms with Gasteiger partial charge in [0, 0.05) is 35.6 Å². The molecule has 2 aromatic rings. The molecule has 0 saturated carbocycles. The van der Waals surface area contributed by atoms with Gasteiger partial charge in [-0.3, -0.25) is 0 Å². The molecule has 1 unspecified atom stereocenters. The number of anilines is 1. The van der Waals surface area contributed by atoms with E-state index in [4.69, 9.17) is 0 Å². The maximum Gasteiger partial charge on any atom is 0.126 e. The van der Waals surface area contributed by atoms with Gasteiger partial charge in [0.1, 0.15) is 5.82 Å². The van der Waals surface area contributed by atoms with Crippen molar-refractivity contribution in [2.24, 2.45) is 7.05 Å². The molecule has 19 heavy (non-hydrogen) atoms. The van der Waals surface area contributed by atoms with Crippen LogP contribution < -0.4 is 5.32 Å². The second kappa shape index (κ2) is 6.24. The molecule has 1 N–H and O–H groups in total. The molecule has 2 aromatic heterocycles. The monoisotopic (exact) mass is 321 g/mol. The molecule has 0 radical (unpaired) electrons. The summed E-state index contributed by atoms with van der Waals surface area (Å²) in [5.41, 5.74) is 2.57. The second-order valence-electron chi connectivity index (χ2n) is 5.01. The van der Waals surface area contributed by atoms with Crippen molar-refractivity contribution in [3.8, 4) is 0 Å². The molecule has 0 aromatic carbocycles. The van der Waals surface area contributed by atoms with Crippen molar-refractivity contribution in [3.63, 3.8) is 0 Å². The quantitative estimate of drug-likeness (QED) is 0.904. The van der Waals surface area contributed by atoms with Gasteiger partial charge in [0.2, 0.25) is 0 Å². The van der Waals surface area contributed by atoms with Crippen molar-refractivity contribution >= 4 is 21.7 Å². The van der Waals surface area contributed by atoms with Crippen molar-refractivity contribution in [2.45, 2.75) is 32.7 Å². The maximum absolute atomic E-state index is 4.38. The first-order valence-corrected chi connectivity index (χ1v) is 7.34. The van der Waals surface area contributed by atoms with E-state index >= 15 is 0 Å². The first-order chi connectivity index (χ1) is 9.06. The Morgan fingerprint density at radius 3 is 2.89 bits per heavy atom. The Balaban J connectivity index is 1.88. The standard InChI is InChI=1S/C15H20BrN3/c1-11-9-15(17-10-14(11)16)18-12(2)6-7-13-5-4-8-19(13)3/h4-5,8-10,12H,6-7H2,1-3H3,(H,17,18). The summed E-state index contributed by atoms with van der Waals surface area (Å²) in [6.07, 6.45) is 6.11. The van der Waals surface area contributed by atoms with Gasteiger partial charge in [-0.1, -0.05) is 0 Å². The fourth-order valence-electron chi connectivity index (χ4n) is 2.06. The fraction of sp³-hybridized carbons (Fsp3) is 0.400. The van der Waals surface area contributed by atoms with Gasteiger partial charge in [-0.2, -0.15) is 0 Å². The smallest absolute Gasteiger partial charge is 0.126 e. The lowest BCUT2D eigenvalue weighted by Gasteiger charge is -2.15. The number of aryl methyl sites for hydroxylation is 3. The molecule has 0 aliphatic heterocycles. The van der Waals surface area contributed by atoms with Crippen molar-refractivity contribution in [1.82, 2.24) is 9.55 Å². The predicted octanol–water partition coefficient (Wildman–Crippen LogP) is 3.92. The topological polar surface area (TPSA) is 29.9 Å². The van der Waals surface area contributed by atoms with Gasteiger partial charge >= 0.3 is 0 Å². The van der Waals surface area contributed by atoms with E-state index in [0.29, 0.717) is 6.04 Å². The van der Waals surface area contributed by atoms with Crippen molar-refractivity contribution < 1.29 is 0 Å². The maximum atomic E-state index is 4.38. The molecule has 0 aliphatic rings. The van der Waals surface area contributed by atoms with E-state index in [0.717, 1.165) is 23.1 Å². The Morgan fingerprint density at radius 1 is 1.47 bits per heavy atom. The molecule has 0 aliphatic carbocycles. The highest BCUT2D eigenvalue weighted by Gasteiger charge is 2.06. The third kappa shape index (κ3) is 3.83. The summed E-state index contributed by atoms with van der Waals surface area (Å²) >= 11 is 3.47. The van der Waals surface area contributed by atoms with Crippen LogP contribution in [0.4, 0.5) is 5.82 Å². The van der Waals surface area contributed by atoms with Gasteiger partial charge in [0.25, 0.3) is 0 Å². The molecular formula is C15H20BrN3. The van der Waals surface area contributed by atoms with E-state index in [2.05, 4.69) is 76.1 Å². The molecule has 0 saturated heterocycles. The molecule has 0 spiro atoms. The molecule has 4 heteroatoms. The zero-order valence-electron chi connectivity index (χ0n) is 11.7. The third-order valence-electron chi connectivity index (χ3n) is 3.33. The van der Waals surface area contributed by atoms with Crippen LogP contribution in [0.2, 0.25) is 0 Å². The number of rotatable bonds is 5. The predicted molar refractivity (Wildman–Crippen MR) is 83.5 cm³/mol. The highest BCUT2D eigenvalue weighted by Crippen LogP contribution is 2.18. The minimum absolute atomic E-state index is 0.406. The molecule has 0 fully saturated rings. The zero-order chi connectivity index (χ0) is 13.8. The van der Waals surface area contributed by atoms with Crippen molar-refractivity contribution in [2.75, 3.05) is 5.32 Å². The molecule has 1 atom stereocenters. The molecule has 3 nitrogen and oxygen atoms in total. The van der Waals surface area contributed by atoms with E-state index in [-0.39, 0.29) is 0 Å². The number of nitrogens with one attached hydrogen (secondary N) is 1. The lowest BCUT2D eigenvalue weighted by atomic mass is 10.1. The molecule has 0 bridgehead atoms. The van der Waals surface area contributed by atoms with Crippen molar-refractivity contribution in [3.05, 3.63) is 46.3 Å². The summed E-state index contributed by atoms with van der Waals surface area (Å²) in [6, 6.07) is 6.74. The number of aromatic nitrogens is 2. The summed E-state index contributed by atoms with van der Waals surface area (Å²) in [6.45, 7) is 4.27. The fourth-order valence-corrected chi connectivity index (χ4v) is 2.28. The van der Waals surface area contributed by atoms with Crippen LogP contribution >= 0.6 is 15.9 Å². The number of nitrogens with zero attached hydrogens (tertiary/aromatic N) is 2. The lowest BCUT2D eigenvalue weighted by molar-refractivity contribution is 0.673. The van der Waals surface area contributed by atoms with Gasteiger partial charge in [-0.25, -0.2) is 4.98 Å². The van der Waals surface area contributed by atoms with Crippen LogP contribution in [-0.4, -0.2) is 15.6 Å². The van der Waals surface area contributed by atoms with Crippen LogP contribution in [0.3, 0.4) is 0 Å². The number of hydrogen-bond acceptors (Lipinski definition) is 2. The number of halogens is 1. The zero-order valence-corrected chi connectivity index (χ0v) is 13.2. The first-order valence-electron chi connectivity index (χ1n) is 6.55. The van der Waals surface area contributed by atoms with Crippen molar-refractivity contribution in [1.29, 1.82) is 0 Å². The average molecular weight is 322 g/mol. The summed E-state index contributed by atoms with van der Waals surface area (Å²) in [7, 11) is 2.09. The Bertz CT molecular complexity index is 548. The van der Waals surface area contributed by atoms with Gasteiger partial charge in [0.15, 0.2) is 0 Å². The molecule has 2 heterocycles. The van der Waals surface area contributed by atoms with Gasteiger partial charge in [-0.05, 0) is 66.4 Å². The minimum Gasteiger partial charge on any atom is -0.368 e. The highest BCUT2D eigenvalue weighted by molar-refractivity contribution is 9.10. The Hall–Kier alpha value is -1.29. The normalized spacial score (nSPS) is 12.4. The number of hydrogen-bond donors (Lipinski definition) is 1. The Kier molecular flexibility index (Phi) is 4.64. The summed E-state index contributed by atoms with van der Waals surface area (Å²) < 4.78 is 3.23. The Labute approximate surface area is 123 Å². The van der Waals surface area contributed by atoms with E-state index in [1.54, 1.807) is 0 Å². The average Bonchev–Trinajstić information content (AvgIpc) is 2.77. The number of pyridine rings is 1. The second-order valence-corrected chi connectivity index (χ2v) is 5.87.